The fourth-order valence-corrected chi connectivity index (χ4v) is 2.20. The van der Waals surface area contributed by atoms with Crippen molar-refractivity contribution < 1.29 is 0 Å². The Morgan fingerprint density at radius 1 is 1.33 bits per heavy atom. The van der Waals surface area contributed by atoms with E-state index in [2.05, 4.69) is 78.0 Å². The van der Waals surface area contributed by atoms with Gasteiger partial charge in [-0.05, 0) is 53.3 Å². The zero-order valence-electron chi connectivity index (χ0n) is 10.9. The van der Waals surface area contributed by atoms with Crippen LogP contribution in [0, 0.1) is 10.5 Å². The van der Waals surface area contributed by atoms with Crippen LogP contribution >= 0.6 is 22.6 Å². The highest BCUT2D eigenvalue weighted by atomic mass is 127. The van der Waals surface area contributed by atoms with Crippen LogP contribution in [0.3, 0.4) is 0 Å². The Balaban J connectivity index is 2.21. The number of nitrogens with one attached hydrogen (secondary N) is 1. The van der Waals surface area contributed by atoms with Crippen LogP contribution in [0.1, 0.15) is 25.1 Å². The van der Waals surface area contributed by atoms with E-state index in [1.54, 1.807) is 0 Å². The summed E-state index contributed by atoms with van der Waals surface area (Å²) in [6.45, 7) is 7.20. The van der Waals surface area contributed by atoms with Crippen molar-refractivity contribution in [1.82, 2.24) is 15.1 Å². The van der Waals surface area contributed by atoms with Crippen LogP contribution in [-0.2, 0) is 6.54 Å². The van der Waals surface area contributed by atoms with Crippen LogP contribution in [0.2, 0.25) is 0 Å². The van der Waals surface area contributed by atoms with Crippen LogP contribution in [0.5, 0.6) is 0 Å². The van der Waals surface area contributed by atoms with Gasteiger partial charge in [0.2, 0.25) is 0 Å². The maximum absolute atomic E-state index is 4.61. The largest absolute Gasteiger partial charge is 0.309 e. The number of nitrogens with zero attached hydrogens (tertiary/aromatic N) is 2. The fourth-order valence-electron chi connectivity index (χ4n) is 1.73. The van der Waals surface area contributed by atoms with Crippen molar-refractivity contribution in [3.63, 3.8) is 0 Å². The van der Waals surface area contributed by atoms with Gasteiger partial charge in [0.25, 0.3) is 0 Å². The van der Waals surface area contributed by atoms with Gasteiger partial charge in [-0.1, -0.05) is 19.9 Å². The lowest BCUT2D eigenvalue weighted by Gasteiger charge is -2.07. The minimum atomic E-state index is 0.481. The molecule has 1 aromatic heterocycles. The highest BCUT2D eigenvalue weighted by Gasteiger charge is 2.05. The van der Waals surface area contributed by atoms with Crippen molar-refractivity contribution >= 4 is 22.6 Å². The van der Waals surface area contributed by atoms with Crippen molar-refractivity contribution in [3.05, 3.63) is 45.3 Å². The Labute approximate surface area is 122 Å². The second kappa shape index (κ2) is 5.84. The van der Waals surface area contributed by atoms with Crippen LogP contribution in [0.15, 0.2) is 30.5 Å². The average Bonchev–Trinajstić information content (AvgIpc) is 2.78. The molecule has 0 radical (unpaired) electrons. The minimum absolute atomic E-state index is 0.481. The number of aromatic nitrogens is 2. The standard InChI is InChI=1S/C14H18IN3/c1-10(2)16-9-13-6-7-18(17-13)14-8-12(15)5-4-11(14)3/h4-8,10,16H,9H2,1-3H3. The summed E-state index contributed by atoms with van der Waals surface area (Å²) in [5, 5.41) is 7.98. The van der Waals surface area contributed by atoms with Gasteiger partial charge in [-0.3, -0.25) is 0 Å². The molecule has 0 bridgehead atoms. The van der Waals surface area contributed by atoms with Crippen molar-refractivity contribution in [3.8, 4) is 5.69 Å². The second-order valence-corrected chi connectivity index (χ2v) is 5.96. The van der Waals surface area contributed by atoms with Crippen molar-refractivity contribution in [2.45, 2.75) is 33.4 Å². The van der Waals surface area contributed by atoms with E-state index in [0.717, 1.165) is 17.9 Å². The summed E-state index contributed by atoms with van der Waals surface area (Å²) in [6, 6.07) is 8.95. The molecule has 0 aliphatic rings. The van der Waals surface area contributed by atoms with E-state index >= 15 is 0 Å². The lowest BCUT2D eigenvalue weighted by molar-refractivity contribution is 0.578. The third kappa shape index (κ3) is 3.32. The number of hydrogen-bond donors (Lipinski definition) is 1. The molecule has 0 aliphatic heterocycles. The van der Waals surface area contributed by atoms with Gasteiger partial charge in [-0.25, -0.2) is 4.68 Å². The van der Waals surface area contributed by atoms with Crippen molar-refractivity contribution in [1.29, 1.82) is 0 Å². The summed E-state index contributed by atoms with van der Waals surface area (Å²) < 4.78 is 3.18. The topological polar surface area (TPSA) is 29.9 Å². The number of aryl methyl sites for hydroxylation is 1. The van der Waals surface area contributed by atoms with E-state index in [1.807, 2.05) is 10.9 Å². The first-order valence-corrected chi connectivity index (χ1v) is 7.18. The van der Waals surface area contributed by atoms with Crippen molar-refractivity contribution in [2.24, 2.45) is 0 Å². The van der Waals surface area contributed by atoms with E-state index < -0.39 is 0 Å². The molecule has 0 fully saturated rings. The SMILES string of the molecule is Cc1ccc(I)cc1-n1ccc(CNC(C)C)n1. The second-order valence-electron chi connectivity index (χ2n) is 4.72. The molecular formula is C14H18IN3. The molecule has 18 heavy (non-hydrogen) atoms. The van der Waals surface area contributed by atoms with E-state index in [1.165, 1.54) is 9.13 Å². The molecule has 3 nitrogen and oxygen atoms in total. The quantitative estimate of drug-likeness (QED) is 0.853. The Morgan fingerprint density at radius 3 is 2.83 bits per heavy atom. The lowest BCUT2D eigenvalue weighted by atomic mass is 10.2. The molecule has 0 saturated carbocycles. The minimum Gasteiger partial charge on any atom is -0.309 e. The summed E-state index contributed by atoms with van der Waals surface area (Å²) in [5.74, 6) is 0. The molecule has 0 spiro atoms. The van der Waals surface area contributed by atoms with Gasteiger partial charge < -0.3 is 5.32 Å². The van der Waals surface area contributed by atoms with E-state index in [4.69, 9.17) is 0 Å². The van der Waals surface area contributed by atoms with Gasteiger partial charge in [0.1, 0.15) is 0 Å². The van der Waals surface area contributed by atoms with Crippen LogP contribution in [0.4, 0.5) is 0 Å². The van der Waals surface area contributed by atoms with Gasteiger partial charge in [-0.15, -0.1) is 0 Å². The summed E-state index contributed by atoms with van der Waals surface area (Å²) in [7, 11) is 0. The van der Waals surface area contributed by atoms with E-state index in [0.29, 0.717) is 6.04 Å². The van der Waals surface area contributed by atoms with E-state index in [9.17, 15) is 0 Å². The predicted octanol–water partition coefficient (Wildman–Crippen LogP) is 3.28. The first-order chi connectivity index (χ1) is 8.56. The summed E-state index contributed by atoms with van der Waals surface area (Å²) in [6.07, 6.45) is 2.02. The summed E-state index contributed by atoms with van der Waals surface area (Å²) in [5.41, 5.74) is 3.46. The zero-order valence-corrected chi connectivity index (χ0v) is 13.1. The van der Waals surface area contributed by atoms with Crippen LogP contribution in [0.25, 0.3) is 5.69 Å². The molecule has 1 N–H and O–H groups in total. The highest BCUT2D eigenvalue weighted by molar-refractivity contribution is 14.1. The maximum atomic E-state index is 4.61. The normalized spacial score (nSPS) is 11.2. The molecule has 0 atom stereocenters. The number of halogens is 1. The molecule has 2 rings (SSSR count). The Bertz CT molecular complexity index is 532. The molecule has 2 aromatic rings. The molecule has 0 unspecified atom stereocenters. The van der Waals surface area contributed by atoms with Gasteiger partial charge in [0.05, 0.1) is 11.4 Å². The van der Waals surface area contributed by atoms with Crippen LogP contribution < -0.4 is 5.32 Å². The Morgan fingerprint density at radius 2 is 2.11 bits per heavy atom. The number of rotatable bonds is 4. The fraction of sp³-hybridized carbons (Fsp3) is 0.357. The Kier molecular flexibility index (Phi) is 4.40. The molecule has 1 aromatic carbocycles. The highest BCUT2D eigenvalue weighted by Crippen LogP contribution is 2.17. The smallest absolute Gasteiger partial charge is 0.0766 e. The van der Waals surface area contributed by atoms with Gasteiger partial charge in [-0.2, -0.15) is 5.10 Å². The molecule has 0 saturated heterocycles. The Hall–Kier alpha value is -0.880. The summed E-state index contributed by atoms with van der Waals surface area (Å²) in [4.78, 5) is 0. The van der Waals surface area contributed by atoms with Crippen molar-refractivity contribution in [2.75, 3.05) is 0 Å². The van der Waals surface area contributed by atoms with Gasteiger partial charge in [0.15, 0.2) is 0 Å². The average molecular weight is 355 g/mol. The number of benzene rings is 1. The van der Waals surface area contributed by atoms with Crippen LogP contribution in [-0.4, -0.2) is 15.8 Å². The molecule has 0 amide bonds. The first kappa shape index (κ1) is 13.5. The molecule has 4 heteroatoms. The monoisotopic (exact) mass is 355 g/mol. The summed E-state index contributed by atoms with van der Waals surface area (Å²) >= 11 is 2.33. The van der Waals surface area contributed by atoms with Gasteiger partial charge in [0, 0.05) is 22.4 Å². The molecule has 96 valence electrons. The molecule has 0 aliphatic carbocycles. The number of hydrogen-bond acceptors (Lipinski definition) is 2. The zero-order chi connectivity index (χ0) is 13.1. The predicted molar refractivity (Wildman–Crippen MR) is 83.0 cm³/mol. The molecular weight excluding hydrogens is 337 g/mol. The van der Waals surface area contributed by atoms with Gasteiger partial charge >= 0.3 is 0 Å². The van der Waals surface area contributed by atoms with E-state index in [-0.39, 0.29) is 0 Å². The third-order valence-electron chi connectivity index (χ3n) is 2.75. The maximum Gasteiger partial charge on any atom is 0.0766 e. The molecule has 1 heterocycles. The third-order valence-corrected chi connectivity index (χ3v) is 3.42. The first-order valence-electron chi connectivity index (χ1n) is 6.10. The lowest BCUT2D eigenvalue weighted by Crippen LogP contribution is -2.22.